The van der Waals surface area contributed by atoms with Crippen molar-refractivity contribution < 1.29 is 24.2 Å². The number of hydrogen-bond acceptors (Lipinski definition) is 8. The molecular formula is C27H27N3O5S. The van der Waals surface area contributed by atoms with Gasteiger partial charge in [-0.05, 0) is 61.7 Å². The Morgan fingerprint density at radius 1 is 1.22 bits per heavy atom. The van der Waals surface area contributed by atoms with Crippen molar-refractivity contribution in [2.45, 2.75) is 52.2 Å². The number of unbranched alkanes of at least 4 members (excludes halogenated alkanes) is 1. The number of carbonyl (C=O) groups is 2. The molecule has 0 aliphatic carbocycles. The van der Waals surface area contributed by atoms with Crippen molar-refractivity contribution in [2.24, 2.45) is 0 Å². The van der Waals surface area contributed by atoms with Crippen molar-refractivity contribution in [3.8, 4) is 11.5 Å². The molecule has 1 saturated heterocycles. The molecule has 2 aliphatic heterocycles. The molecule has 36 heavy (non-hydrogen) atoms. The van der Waals surface area contributed by atoms with Crippen LogP contribution in [0.2, 0.25) is 0 Å². The first kappa shape index (κ1) is 24.0. The van der Waals surface area contributed by atoms with E-state index in [2.05, 4.69) is 17.1 Å². The molecule has 0 bridgehead atoms. The number of amides is 1. The van der Waals surface area contributed by atoms with Gasteiger partial charge in [0.05, 0.1) is 18.2 Å². The van der Waals surface area contributed by atoms with E-state index in [-0.39, 0.29) is 17.4 Å². The van der Waals surface area contributed by atoms with E-state index in [9.17, 15) is 14.7 Å². The minimum atomic E-state index is -0.879. The van der Waals surface area contributed by atoms with Crippen LogP contribution in [0.3, 0.4) is 0 Å². The quantitative estimate of drug-likeness (QED) is 0.209. The number of rotatable bonds is 7. The Hall–Kier alpha value is -3.72. The van der Waals surface area contributed by atoms with E-state index in [0.29, 0.717) is 40.0 Å². The number of aromatic nitrogens is 2. The highest BCUT2D eigenvalue weighted by atomic mass is 32.1. The second kappa shape index (κ2) is 9.73. The predicted octanol–water partition coefficient (Wildman–Crippen LogP) is 4.98. The van der Waals surface area contributed by atoms with Crippen LogP contribution in [0, 0.1) is 6.92 Å². The molecule has 0 saturated carbocycles. The monoisotopic (exact) mass is 505 g/mol. The summed E-state index contributed by atoms with van der Waals surface area (Å²) in [5, 5.41) is 20.6. The number of aliphatic hydroxyl groups is 1. The second-order valence-electron chi connectivity index (χ2n) is 9.00. The van der Waals surface area contributed by atoms with Gasteiger partial charge in [-0.25, -0.2) is 0 Å². The summed E-state index contributed by atoms with van der Waals surface area (Å²) in [6.07, 6.45) is 2.66. The molecule has 3 aromatic rings. The normalized spacial score (nSPS) is 20.5. The Kier molecular flexibility index (Phi) is 6.49. The number of Topliss-reactive ketones (excluding diaryl/α,β-unsaturated/α-hetero) is 1. The lowest BCUT2D eigenvalue weighted by molar-refractivity contribution is -0.132. The Bertz CT molecular complexity index is 1360. The highest BCUT2D eigenvalue weighted by molar-refractivity contribution is 7.15. The molecule has 3 heterocycles. The molecule has 1 aromatic heterocycles. The van der Waals surface area contributed by atoms with Crippen molar-refractivity contribution in [2.75, 3.05) is 11.5 Å². The smallest absolute Gasteiger partial charge is 0.301 e. The first-order valence-corrected chi connectivity index (χ1v) is 12.8. The van der Waals surface area contributed by atoms with E-state index in [1.165, 1.54) is 16.2 Å². The van der Waals surface area contributed by atoms with Crippen LogP contribution in [0.25, 0.3) is 5.76 Å². The fourth-order valence-corrected chi connectivity index (χ4v) is 5.28. The third-order valence-corrected chi connectivity index (χ3v) is 7.11. The SMILES string of the molecule is CCCCOc1cccc([C@@H]2C(=C(O)c3ccc4c(c3)C[C@H](C)O4)C(=O)C(=O)N2c2nnc(C)s2)c1. The summed E-state index contributed by atoms with van der Waals surface area (Å²) in [5.74, 6) is -0.372. The van der Waals surface area contributed by atoms with E-state index in [1.807, 2.05) is 31.2 Å². The van der Waals surface area contributed by atoms with E-state index in [4.69, 9.17) is 9.47 Å². The Labute approximate surface area is 213 Å². The average molecular weight is 506 g/mol. The van der Waals surface area contributed by atoms with Crippen LogP contribution in [0.5, 0.6) is 11.5 Å². The molecular weight excluding hydrogens is 478 g/mol. The van der Waals surface area contributed by atoms with Crippen molar-refractivity contribution in [3.05, 3.63) is 69.7 Å². The van der Waals surface area contributed by atoms with Gasteiger partial charge in [-0.1, -0.05) is 36.8 Å². The lowest BCUT2D eigenvalue weighted by Gasteiger charge is -2.23. The van der Waals surface area contributed by atoms with Crippen LogP contribution >= 0.6 is 11.3 Å². The summed E-state index contributed by atoms with van der Waals surface area (Å²) < 4.78 is 11.7. The van der Waals surface area contributed by atoms with Gasteiger partial charge in [0, 0.05) is 12.0 Å². The molecule has 8 nitrogen and oxygen atoms in total. The number of ketones is 1. The summed E-state index contributed by atoms with van der Waals surface area (Å²) >= 11 is 1.21. The molecule has 2 aromatic carbocycles. The van der Waals surface area contributed by atoms with Crippen molar-refractivity contribution >= 4 is 33.9 Å². The highest BCUT2D eigenvalue weighted by Crippen LogP contribution is 2.44. The molecule has 186 valence electrons. The number of hydrogen-bond donors (Lipinski definition) is 1. The van der Waals surface area contributed by atoms with E-state index < -0.39 is 17.7 Å². The van der Waals surface area contributed by atoms with Crippen LogP contribution in [0.4, 0.5) is 5.13 Å². The minimum Gasteiger partial charge on any atom is -0.507 e. The van der Waals surface area contributed by atoms with Gasteiger partial charge in [0.15, 0.2) is 0 Å². The largest absolute Gasteiger partial charge is 0.507 e. The maximum absolute atomic E-state index is 13.4. The van der Waals surface area contributed by atoms with Gasteiger partial charge in [-0.3, -0.25) is 14.5 Å². The molecule has 9 heteroatoms. The standard InChI is InChI=1S/C27H27N3O5S/c1-4-5-11-34-20-8-6-7-17(14-20)23-22(25(32)26(33)30(23)27-29-28-16(3)36-27)24(31)18-9-10-21-19(13-18)12-15(2)35-21/h6-10,13-15,23,31H,4-5,11-12H2,1-3H3/t15-,23+/m0/s1. The molecule has 2 atom stereocenters. The first-order valence-electron chi connectivity index (χ1n) is 12.0. The van der Waals surface area contributed by atoms with E-state index in [1.54, 1.807) is 25.1 Å². The molecule has 1 amide bonds. The Balaban J connectivity index is 1.63. The lowest BCUT2D eigenvalue weighted by atomic mass is 9.94. The number of carbonyl (C=O) groups excluding carboxylic acids is 2. The van der Waals surface area contributed by atoms with Gasteiger partial charge in [0.25, 0.3) is 5.78 Å². The molecule has 0 radical (unpaired) electrons. The second-order valence-corrected chi connectivity index (χ2v) is 10.2. The third-order valence-electron chi connectivity index (χ3n) is 6.28. The fourth-order valence-electron chi connectivity index (χ4n) is 4.56. The number of aryl methyl sites for hydroxylation is 1. The summed E-state index contributed by atoms with van der Waals surface area (Å²) in [6, 6.07) is 11.7. The topological polar surface area (TPSA) is 102 Å². The minimum absolute atomic E-state index is 0.00507. The maximum Gasteiger partial charge on any atom is 0.301 e. The van der Waals surface area contributed by atoms with Crippen molar-refractivity contribution in [3.63, 3.8) is 0 Å². The Morgan fingerprint density at radius 3 is 2.81 bits per heavy atom. The number of benzene rings is 2. The van der Waals surface area contributed by atoms with Gasteiger partial charge in [-0.2, -0.15) is 0 Å². The van der Waals surface area contributed by atoms with E-state index in [0.717, 1.165) is 24.2 Å². The van der Waals surface area contributed by atoms with Crippen molar-refractivity contribution in [1.29, 1.82) is 0 Å². The zero-order valence-corrected chi connectivity index (χ0v) is 21.2. The molecule has 1 N–H and O–H groups in total. The molecule has 2 aliphatic rings. The number of nitrogens with zero attached hydrogens (tertiary/aromatic N) is 3. The number of fused-ring (bicyclic) bond motifs is 1. The number of aliphatic hydroxyl groups excluding tert-OH is 1. The predicted molar refractivity (Wildman–Crippen MR) is 137 cm³/mol. The molecule has 1 fully saturated rings. The average Bonchev–Trinajstić information content (AvgIpc) is 3.53. The van der Waals surface area contributed by atoms with Gasteiger partial charge < -0.3 is 14.6 Å². The fraction of sp³-hybridized carbons (Fsp3) is 0.333. The van der Waals surface area contributed by atoms with Gasteiger partial charge in [0.2, 0.25) is 5.13 Å². The van der Waals surface area contributed by atoms with Crippen LogP contribution < -0.4 is 14.4 Å². The van der Waals surface area contributed by atoms with Gasteiger partial charge in [0.1, 0.15) is 28.4 Å². The lowest BCUT2D eigenvalue weighted by Crippen LogP contribution is -2.29. The zero-order valence-electron chi connectivity index (χ0n) is 20.4. The summed E-state index contributed by atoms with van der Waals surface area (Å²) in [7, 11) is 0. The summed E-state index contributed by atoms with van der Waals surface area (Å²) in [5.41, 5.74) is 2.04. The third kappa shape index (κ3) is 4.35. The Morgan fingerprint density at radius 2 is 2.06 bits per heavy atom. The molecule has 0 unspecified atom stereocenters. The van der Waals surface area contributed by atoms with E-state index >= 15 is 0 Å². The maximum atomic E-state index is 13.4. The van der Waals surface area contributed by atoms with Crippen LogP contribution in [-0.2, 0) is 16.0 Å². The zero-order chi connectivity index (χ0) is 25.4. The van der Waals surface area contributed by atoms with Crippen molar-refractivity contribution in [1.82, 2.24) is 10.2 Å². The summed E-state index contributed by atoms with van der Waals surface area (Å²) in [6.45, 7) is 6.40. The number of anilines is 1. The molecule has 5 rings (SSSR count). The number of ether oxygens (including phenoxy) is 2. The molecule has 0 spiro atoms. The first-order chi connectivity index (χ1) is 17.4. The highest BCUT2D eigenvalue weighted by Gasteiger charge is 2.48. The van der Waals surface area contributed by atoms with Gasteiger partial charge in [-0.15, -0.1) is 10.2 Å². The summed E-state index contributed by atoms with van der Waals surface area (Å²) in [4.78, 5) is 28.0. The van der Waals surface area contributed by atoms with Crippen LogP contribution in [0.1, 0.15) is 54.4 Å². The van der Waals surface area contributed by atoms with Crippen LogP contribution in [0.15, 0.2) is 48.0 Å². The van der Waals surface area contributed by atoms with Gasteiger partial charge >= 0.3 is 5.91 Å². The van der Waals surface area contributed by atoms with Crippen LogP contribution in [-0.4, -0.2) is 39.7 Å².